The Hall–Kier alpha value is -1.91. The molecule has 3 heterocycles. The molecule has 1 aliphatic rings. The molecular formula is C11H12N4O. The van der Waals surface area contributed by atoms with E-state index in [2.05, 4.69) is 15.0 Å². The number of Topliss-reactive ketones (excluding diaryl/α,β-unsaturated/α-hetero) is 1. The van der Waals surface area contributed by atoms with Gasteiger partial charge in [-0.25, -0.2) is 9.50 Å². The van der Waals surface area contributed by atoms with E-state index in [1.807, 2.05) is 18.3 Å². The first-order valence-corrected chi connectivity index (χ1v) is 5.40. The van der Waals surface area contributed by atoms with Crippen molar-refractivity contribution < 1.29 is 4.79 Å². The lowest BCUT2D eigenvalue weighted by molar-refractivity contribution is -0.119. The highest BCUT2D eigenvalue weighted by molar-refractivity contribution is 5.80. The van der Waals surface area contributed by atoms with Crippen LogP contribution in [0.3, 0.4) is 0 Å². The van der Waals surface area contributed by atoms with Gasteiger partial charge in [-0.1, -0.05) is 0 Å². The number of hydrogen-bond acceptors (Lipinski definition) is 4. The third-order valence-electron chi connectivity index (χ3n) is 2.89. The monoisotopic (exact) mass is 216 g/mol. The van der Waals surface area contributed by atoms with E-state index in [9.17, 15) is 4.79 Å². The summed E-state index contributed by atoms with van der Waals surface area (Å²) in [6, 6.07) is 3.81. The minimum absolute atomic E-state index is 0.349. The number of nitrogens with zero attached hydrogens (tertiary/aromatic N) is 4. The summed E-state index contributed by atoms with van der Waals surface area (Å²) >= 11 is 0. The van der Waals surface area contributed by atoms with Gasteiger partial charge in [-0.05, 0) is 6.07 Å². The number of fused-ring (bicyclic) bond motifs is 1. The van der Waals surface area contributed by atoms with Crippen molar-refractivity contribution in [2.45, 2.75) is 12.8 Å². The Balaban J connectivity index is 1.90. The largest absolute Gasteiger partial charge is 0.356 e. The number of rotatable bonds is 1. The van der Waals surface area contributed by atoms with Crippen molar-refractivity contribution in [3.8, 4) is 0 Å². The van der Waals surface area contributed by atoms with Gasteiger partial charge in [0.25, 0.3) is 0 Å². The standard InChI is InChI=1S/C11H12N4O/c16-9-2-6-14(7-3-9)10-4-8-15-11(13-10)1-5-12-15/h1,4-5,8H,2-3,6-7H2. The number of carbonyl (C=O) groups is 1. The molecule has 0 unspecified atom stereocenters. The number of aromatic nitrogens is 3. The topological polar surface area (TPSA) is 50.5 Å². The quantitative estimate of drug-likeness (QED) is 0.710. The third-order valence-corrected chi connectivity index (χ3v) is 2.89. The maximum atomic E-state index is 11.1. The SMILES string of the molecule is O=C1CCN(c2ccn3nccc3n2)CC1. The van der Waals surface area contributed by atoms with E-state index in [1.54, 1.807) is 10.7 Å². The van der Waals surface area contributed by atoms with Gasteiger partial charge in [0.1, 0.15) is 11.6 Å². The average Bonchev–Trinajstić information content (AvgIpc) is 2.77. The number of anilines is 1. The molecular weight excluding hydrogens is 204 g/mol. The normalized spacial score (nSPS) is 17.0. The fourth-order valence-corrected chi connectivity index (χ4v) is 1.96. The Labute approximate surface area is 92.7 Å². The van der Waals surface area contributed by atoms with Gasteiger partial charge in [0, 0.05) is 38.2 Å². The average molecular weight is 216 g/mol. The Morgan fingerprint density at radius 2 is 2.00 bits per heavy atom. The second-order valence-corrected chi connectivity index (χ2v) is 3.95. The third kappa shape index (κ3) is 1.54. The molecule has 0 aromatic carbocycles. The predicted molar refractivity (Wildman–Crippen MR) is 59.4 cm³/mol. The molecule has 16 heavy (non-hydrogen) atoms. The van der Waals surface area contributed by atoms with Crippen molar-refractivity contribution in [1.82, 2.24) is 14.6 Å². The predicted octanol–water partition coefficient (Wildman–Crippen LogP) is 0.899. The summed E-state index contributed by atoms with van der Waals surface area (Å²) in [5, 5.41) is 4.10. The summed E-state index contributed by atoms with van der Waals surface area (Å²) in [6.07, 6.45) is 4.89. The lowest BCUT2D eigenvalue weighted by atomic mass is 10.1. The Bertz CT molecular complexity index is 524. The smallest absolute Gasteiger partial charge is 0.157 e. The molecule has 0 bridgehead atoms. The van der Waals surface area contributed by atoms with E-state index < -0.39 is 0 Å². The van der Waals surface area contributed by atoms with Gasteiger partial charge in [0.15, 0.2) is 5.65 Å². The van der Waals surface area contributed by atoms with Gasteiger partial charge < -0.3 is 4.90 Å². The van der Waals surface area contributed by atoms with Crippen LogP contribution in [0.1, 0.15) is 12.8 Å². The molecule has 0 aliphatic carbocycles. The fraction of sp³-hybridized carbons (Fsp3) is 0.364. The van der Waals surface area contributed by atoms with Crippen LogP contribution in [0.15, 0.2) is 24.5 Å². The van der Waals surface area contributed by atoms with Gasteiger partial charge in [-0.15, -0.1) is 0 Å². The van der Waals surface area contributed by atoms with Crippen LogP contribution in [0.2, 0.25) is 0 Å². The van der Waals surface area contributed by atoms with E-state index >= 15 is 0 Å². The van der Waals surface area contributed by atoms with E-state index in [1.165, 1.54) is 0 Å². The number of hydrogen-bond donors (Lipinski definition) is 0. The molecule has 1 fully saturated rings. The minimum Gasteiger partial charge on any atom is -0.356 e. The van der Waals surface area contributed by atoms with Gasteiger partial charge >= 0.3 is 0 Å². The second kappa shape index (κ2) is 3.59. The van der Waals surface area contributed by atoms with E-state index in [0.717, 1.165) is 24.6 Å². The van der Waals surface area contributed by atoms with Gasteiger partial charge in [0.05, 0.1) is 6.20 Å². The highest BCUT2D eigenvalue weighted by Crippen LogP contribution is 2.16. The summed E-state index contributed by atoms with van der Waals surface area (Å²) < 4.78 is 1.73. The Kier molecular flexibility index (Phi) is 2.09. The summed E-state index contributed by atoms with van der Waals surface area (Å²) in [5.41, 5.74) is 0.842. The highest BCUT2D eigenvalue weighted by Gasteiger charge is 2.17. The molecule has 1 saturated heterocycles. The van der Waals surface area contributed by atoms with Crippen LogP contribution in [0.5, 0.6) is 0 Å². The van der Waals surface area contributed by atoms with Crippen molar-refractivity contribution in [3.63, 3.8) is 0 Å². The first-order chi connectivity index (χ1) is 7.83. The highest BCUT2D eigenvalue weighted by atomic mass is 16.1. The number of ketones is 1. The lowest BCUT2D eigenvalue weighted by Crippen LogP contribution is -2.34. The molecule has 0 amide bonds. The van der Waals surface area contributed by atoms with Crippen molar-refractivity contribution in [3.05, 3.63) is 24.5 Å². The first-order valence-electron chi connectivity index (χ1n) is 5.40. The molecule has 0 atom stereocenters. The van der Waals surface area contributed by atoms with Crippen LogP contribution in [0.4, 0.5) is 5.82 Å². The molecule has 0 saturated carbocycles. The molecule has 2 aromatic heterocycles. The van der Waals surface area contributed by atoms with Crippen molar-refractivity contribution in [2.75, 3.05) is 18.0 Å². The Morgan fingerprint density at radius 1 is 1.19 bits per heavy atom. The summed E-state index contributed by atoms with van der Waals surface area (Å²) in [4.78, 5) is 17.8. The van der Waals surface area contributed by atoms with Crippen molar-refractivity contribution in [1.29, 1.82) is 0 Å². The van der Waals surface area contributed by atoms with Gasteiger partial charge in [-0.2, -0.15) is 5.10 Å². The molecule has 3 rings (SSSR count). The second-order valence-electron chi connectivity index (χ2n) is 3.95. The van der Waals surface area contributed by atoms with Crippen LogP contribution in [-0.2, 0) is 4.79 Å². The maximum Gasteiger partial charge on any atom is 0.157 e. The summed E-state index contributed by atoms with van der Waals surface area (Å²) in [7, 11) is 0. The van der Waals surface area contributed by atoms with Gasteiger partial charge in [-0.3, -0.25) is 4.79 Å². The molecule has 0 N–H and O–H groups in total. The number of piperidine rings is 1. The van der Waals surface area contributed by atoms with Crippen LogP contribution in [0, 0.1) is 0 Å². The van der Waals surface area contributed by atoms with Crippen molar-refractivity contribution in [2.24, 2.45) is 0 Å². The summed E-state index contributed by atoms with van der Waals surface area (Å²) in [5.74, 6) is 1.28. The molecule has 1 aliphatic heterocycles. The molecule has 5 nitrogen and oxygen atoms in total. The van der Waals surface area contributed by atoms with Crippen LogP contribution in [-0.4, -0.2) is 33.5 Å². The molecule has 0 spiro atoms. The first kappa shape index (κ1) is 9.33. The molecule has 5 heteroatoms. The zero-order valence-electron chi connectivity index (χ0n) is 8.83. The molecule has 2 aromatic rings. The minimum atomic E-state index is 0.349. The van der Waals surface area contributed by atoms with E-state index in [4.69, 9.17) is 0 Å². The fourth-order valence-electron chi connectivity index (χ4n) is 1.96. The van der Waals surface area contributed by atoms with Gasteiger partial charge in [0.2, 0.25) is 0 Å². The number of carbonyl (C=O) groups excluding carboxylic acids is 1. The van der Waals surface area contributed by atoms with Crippen LogP contribution < -0.4 is 4.90 Å². The molecule has 0 radical (unpaired) electrons. The Morgan fingerprint density at radius 3 is 2.81 bits per heavy atom. The van der Waals surface area contributed by atoms with Crippen LogP contribution in [0.25, 0.3) is 5.65 Å². The zero-order valence-corrected chi connectivity index (χ0v) is 8.83. The van der Waals surface area contributed by atoms with Crippen LogP contribution >= 0.6 is 0 Å². The van der Waals surface area contributed by atoms with Crippen molar-refractivity contribution >= 4 is 17.2 Å². The van der Waals surface area contributed by atoms with E-state index in [-0.39, 0.29) is 0 Å². The zero-order chi connectivity index (χ0) is 11.0. The molecule has 82 valence electrons. The summed E-state index contributed by atoms with van der Waals surface area (Å²) in [6.45, 7) is 1.55. The lowest BCUT2D eigenvalue weighted by Gasteiger charge is -2.26. The maximum absolute atomic E-state index is 11.1. The van der Waals surface area contributed by atoms with E-state index in [0.29, 0.717) is 18.6 Å².